The Morgan fingerprint density at radius 2 is 1.95 bits per heavy atom. The van der Waals surface area contributed by atoms with E-state index in [2.05, 4.69) is 0 Å². The van der Waals surface area contributed by atoms with Gasteiger partial charge in [0.25, 0.3) is 0 Å². The van der Waals surface area contributed by atoms with Crippen LogP contribution in [0.1, 0.15) is 11.1 Å². The van der Waals surface area contributed by atoms with Crippen LogP contribution in [0.25, 0.3) is 0 Å². The largest absolute Gasteiger partial charge is 0.457 e. The molecule has 102 valence electrons. The van der Waals surface area contributed by atoms with Gasteiger partial charge in [-0.05, 0) is 36.8 Å². The summed E-state index contributed by atoms with van der Waals surface area (Å²) < 4.78 is 19.3. The van der Waals surface area contributed by atoms with E-state index in [1.54, 1.807) is 37.3 Å². The van der Waals surface area contributed by atoms with Gasteiger partial charge in [-0.3, -0.25) is 0 Å². The number of benzene rings is 2. The predicted molar refractivity (Wildman–Crippen MR) is 77.8 cm³/mol. The highest BCUT2D eigenvalue weighted by Gasteiger charge is 2.08. The molecule has 5 heteroatoms. The minimum Gasteiger partial charge on any atom is -0.457 e. The van der Waals surface area contributed by atoms with E-state index in [0.717, 1.165) is 5.56 Å². The molecule has 0 aliphatic heterocycles. The monoisotopic (exact) mass is 301 g/mol. The number of ether oxygens (including phenoxy) is 1. The Kier molecular flexibility index (Phi) is 5.60. The molecule has 0 saturated carbocycles. The first-order valence-electron chi connectivity index (χ1n) is 5.52. The van der Waals surface area contributed by atoms with Gasteiger partial charge in [0.15, 0.2) is 0 Å². The van der Waals surface area contributed by atoms with Crippen LogP contribution in [-0.2, 0) is 6.54 Å². The van der Waals surface area contributed by atoms with Gasteiger partial charge in [-0.1, -0.05) is 17.7 Å². The van der Waals surface area contributed by atoms with Gasteiger partial charge in [0.2, 0.25) is 0 Å². The van der Waals surface area contributed by atoms with Crippen molar-refractivity contribution in [3.63, 3.8) is 0 Å². The fourth-order valence-electron chi connectivity index (χ4n) is 1.73. The molecule has 0 saturated heterocycles. The SMILES string of the molecule is Cc1cc(Oc2cccc(Cl)c2)cc(F)c1CN.Cl. The van der Waals surface area contributed by atoms with Crippen LogP contribution >= 0.6 is 24.0 Å². The first kappa shape index (κ1) is 15.8. The van der Waals surface area contributed by atoms with Crippen molar-refractivity contribution >= 4 is 24.0 Å². The highest BCUT2D eigenvalue weighted by Crippen LogP contribution is 2.27. The zero-order chi connectivity index (χ0) is 13.1. The highest BCUT2D eigenvalue weighted by atomic mass is 35.5. The molecule has 0 atom stereocenters. The number of rotatable bonds is 3. The van der Waals surface area contributed by atoms with Crippen LogP contribution in [0.5, 0.6) is 11.5 Å². The molecular formula is C14H14Cl2FNO. The molecule has 0 amide bonds. The first-order chi connectivity index (χ1) is 8.60. The molecule has 0 fully saturated rings. The van der Waals surface area contributed by atoms with E-state index in [1.807, 2.05) is 0 Å². The standard InChI is InChI=1S/C14H13ClFNO.ClH/c1-9-5-12(7-14(16)13(9)8-17)18-11-4-2-3-10(15)6-11;/h2-7H,8,17H2,1H3;1H. The molecule has 0 aromatic heterocycles. The van der Waals surface area contributed by atoms with Crippen LogP contribution in [0.2, 0.25) is 5.02 Å². The summed E-state index contributed by atoms with van der Waals surface area (Å²) in [5.41, 5.74) is 6.76. The second kappa shape index (κ2) is 6.75. The van der Waals surface area contributed by atoms with Crippen molar-refractivity contribution in [2.75, 3.05) is 0 Å². The fraction of sp³-hybridized carbons (Fsp3) is 0.143. The highest BCUT2D eigenvalue weighted by molar-refractivity contribution is 6.30. The zero-order valence-electron chi connectivity index (χ0n) is 10.3. The molecule has 19 heavy (non-hydrogen) atoms. The molecular weight excluding hydrogens is 288 g/mol. The van der Waals surface area contributed by atoms with Crippen LogP contribution < -0.4 is 10.5 Å². The second-order valence-electron chi connectivity index (χ2n) is 3.96. The van der Waals surface area contributed by atoms with Crippen molar-refractivity contribution in [3.8, 4) is 11.5 Å². The lowest BCUT2D eigenvalue weighted by atomic mass is 10.1. The minimum atomic E-state index is -0.352. The van der Waals surface area contributed by atoms with Gasteiger partial charge in [0.1, 0.15) is 17.3 Å². The van der Waals surface area contributed by atoms with Gasteiger partial charge in [-0.2, -0.15) is 0 Å². The molecule has 2 nitrogen and oxygen atoms in total. The van der Waals surface area contributed by atoms with E-state index < -0.39 is 0 Å². The summed E-state index contributed by atoms with van der Waals surface area (Å²) in [5.74, 6) is 0.654. The summed E-state index contributed by atoms with van der Waals surface area (Å²) in [5, 5.41) is 0.572. The van der Waals surface area contributed by atoms with Gasteiger partial charge >= 0.3 is 0 Å². The van der Waals surface area contributed by atoms with E-state index in [4.69, 9.17) is 22.1 Å². The normalized spacial score (nSPS) is 9.89. The molecule has 0 aliphatic rings. The van der Waals surface area contributed by atoms with E-state index in [0.29, 0.717) is 22.1 Å². The average Bonchev–Trinajstić information content (AvgIpc) is 2.28. The number of hydrogen-bond donors (Lipinski definition) is 1. The molecule has 0 heterocycles. The third-order valence-electron chi connectivity index (χ3n) is 2.63. The fourth-order valence-corrected chi connectivity index (χ4v) is 1.91. The average molecular weight is 302 g/mol. The van der Waals surface area contributed by atoms with Gasteiger partial charge in [0, 0.05) is 23.2 Å². The first-order valence-corrected chi connectivity index (χ1v) is 5.90. The maximum atomic E-state index is 13.7. The predicted octanol–water partition coefficient (Wildman–Crippen LogP) is 4.46. The van der Waals surface area contributed by atoms with Crippen LogP contribution in [-0.4, -0.2) is 0 Å². The number of nitrogens with two attached hydrogens (primary N) is 1. The second-order valence-corrected chi connectivity index (χ2v) is 4.40. The number of aryl methyl sites for hydroxylation is 1. The molecule has 0 unspecified atom stereocenters. The summed E-state index contributed by atoms with van der Waals surface area (Å²) in [7, 11) is 0. The third-order valence-corrected chi connectivity index (χ3v) is 2.86. The van der Waals surface area contributed by atoms with Crippen LogP contribution in [0, 0.1) is 12.7 Å². The molecule has 2 aromatic carbocycles. The molecule has 2 rings (SSSR count). The summed E-state index contributed by atoms with van der Waals surface area (Å²) in [6, 6.07) is 10.0. The summed E-state index contributed by atoms with van der Waals surface area (Å²) in [4.78, 5) is 0. The van der Waals surface area contributed by atoms with Gasteiger partial charge in [-0.15, -0.1) is 12.4 Å². The van der Waals surface area contributed by atoms with Gasteiger partial charge < -0.3 is 10.5 Å². The lowest BCUT2D eigenvalue weighted by Gasteiger charge is -2.10. The zero-order valence-corrected chi connectivity index (χ0v) is 11.9. The van der Waals surface area contributed by atoms with Crippen molar-refractivity contribution < 1.29 is 9.13 Å². The van der Waals surface area contributed by atoms with Gasteiger partial charge in [-0.25, -0.2) is 4.39 Å². The maximum absolute atomic E-state index is 13.7. The lowest BCUT2D eigenvalue weighted by molar-refractivity contribution is 0.475. The Morgan fingerprint density at radius 3 is 2.53 bits per heavy atom. The minimum absolute atomic E-state index is 0. The molecule has 2 N–H and O–H groups in total. The van der Waals surface area contributed by atoms with Gasteiger partial charge in [0.05, 0.1) is 0 Å². The van der Waals surface area contributed by atoms with Crippen molar-refractivity contribution in [2.45, 2.75) is 13.5 Å². The van der Waals surface area contributed by atoms with Crippen molar-refractivity contribution in [2.24, 2.45) is 5.73 Å². The van der Waals surface area contributed by atoms with E-state index in [-0.39, 0.29) is 24.8 Å². The Hall–Kier alpha value is -1.29. The smallest absolute Gasteiger partial charge is 0.131 e. The van der Waals surface area contributed by atoms with E-state index >= 15 is 0 Å². The quantitative estimate of drug-likeness (QED) is 0.908. The molecule has 0 aliphatic carbocycles. The topological polar surface area (TPSA) is 35.2 Å². The van der Waals surface area contributed by atoms with Crippen molar-refractivity contribution in [3.05, 3.63) is 58.4 Å². The maximum Gasteiger partial charge on any atom is 0.131 e. The third kappa shape index (κ3) is 3.83. The van der Waals surface area contributed by atoms with E-state index in [9.17, 15) is 4.39 Å². The summed E-state index contributed by atoms with van der Waals surface area (Å²) in [6.07, 6.45) is 0. The van der Waals surface area contributed by atoms with Crippen molar-refractivity contribution in [1.82, 2.24) is 0 Å². The van der Waals surface area contributed by atoms with E-state index in [1.165, 1.54) is 6.07 Å². The Labute approximate surface area is 122 Å². The summed E-state index contributed by atoms with van der Waals surface area (Å²) >= 11 is 5.85. The van der Waals surface area contributed by atoms with Crippen LogP contribution in [0.4, 0.5) is 4.39 Å². The molecule has 0 bridgehead atoms. The number of hydrogen-bond acceptors (Lipinski definition) is 2. The van der Waals surface area contributed by atoms with Crippen LogP contribution in [0.3, 0.4) is 0 Å². The Morgan fingerprint density at radius 1 is 1.21 bits per heavy atom. The summed E-state index contributed by atoms with van der Waals surface area (Å²) in [6.45, 7) is 1.98. The van der Waals surface area contributed by atoms with Crippen LogP contribution in [0.15, 0.2) is 36.4 Å². The lowest BCUT2D eigenvalue weighted by Crippen LogP contribution is -2.03. The Bertz CT molecular complexity index is 552. The Balaban J connectivity index is 0.00000180. The molecule has 0 spiro atoms. The van der Waals surface area contributed by atoms with Crippen molar-refractivity contribution in [1.29, 1.82) is 0 Å². The molecule has 0 radical (unpaired) electrons. The molecule has 2 aromatic rings. The number of halogens is 3.